The molecule has 0 aliphatic heterocycles. The Morgan fingerprint density at radius 1 is 1.04 bits per heavy atom. The predicted molar refractivity (Wildman–Crippen MR) is 95.3 cm³/mol. The van der Waals surface area contributed by atoms with Crippen LogP contribution in [0.5, 0.6) is 11.5 Å². The number of halogens is 1. The fraction of sp³-hybridized carbons (Fsp3) is 0.150. The van der Waals surface area contributed by atoms with Crippen molar-refractivity contribution in [1.29, 1.82) is 0 Å². The van der Waals surface area contributed by atoms with E-state index in [1.165, 1.54) is 19.2 Å². The summed E-state index contributed by atoms with van der Waals surface area (Å²) < 4.78 is 24.2. The van der Waals surface area contributed by atoms with E-state index in [-0.39, 0.29) is 5.82 Å². The number of benzene rings is 2. The third-order valence-corrected chi connectivity index (χ3v) is 3.66. The van der Waals surface area contributed by atoms with Crippen LogP contribution in [-0.2, 0) is 13.2 Å². The zero-order valence-corrected chi connectivity index (χ0v) is 13.9. The first kappa shape index (κ1) is 16.8. The molecule has 2 aromatic carbocycles. The van der Waals surface area contributed by atoms with Gasteiger partial charge in [0.2, 0.25) is 0 Å². The second-order valence-electron chi connectivity index (χ2n) is 5.46. The lowest BCUT2D eigenvalue weighted by Gasteiger charge is -2.12. The SMILES string of the molecule is COc1cc(F)ccc1NCc1cccc(OCc2ccccn2)c1. The molecule has 0 saturated heterocycles. The summed E-state index contributed by atoms with van der Waals surface area (Å²) in [6, 6.07) is 18.0. The summed E-state index contributed by atoms with van der Waals surface area (Å²) in [5, 5.41) is 3.25. The van der Waals surface area contributed by atoms with Gasteiger partial charge in [-0.3, -0.25) is 4.98 Å². The molecule has 25 heavy (non-hydrogen) atoms. The van der Waals surface area contributed by atoms with Gasteiger partial charge in [-0.25, -0.2) is 4.39 Å². The largest absolute Gasteiger partial charge is 0.494 e. The summed E-state index contributed by atoms with van der Waals surface area (Å²) >= 11 is 0. The van der Waals surface area contributed by atoms with E-state index in [1.807, 2.05) is 42.5 Å². The van der Waals surface area contributed by atoms with Gasteiger partial charge in [0.1, 0.15) is 23.9 Å². The lowest BCUT2D eigenvalue weighted by molar-refractivity contribution is 0.301. The Bertz CT molecular complexity index is 825. The second-order valence-corrected chi connectivity index (χ2v) is 5.46. The average Bonchev–Trinajstić information content (AvgIpc) is 2.66. The van der Waals surface area contributed by atoms with Gasteiger partial charge >= 0.3 is 0 Å². The number of pyridine rings is 1. The molecule has 0 saturated carbocycles. The Kier molecular flexibility index (Phi) is 5.46. The Morgan fingerprint density at radius 3 is 2.76 bits per heavy atom. The highest BCUT2D eigenvalue weighted by Crippen LogP contribution is 2.26. The molecule has 1 aromatic heterocycles. The van der Waals surface area contributed by atoms with Crippen molar-refractivity contribution in [3.8, 4) is 11.5 Å². The Morgan fingerprint density at radius 2 is 1.96 bits per heavy atom. The van der Waals surface area contributed by atoms with Gasteiger partial charge in [-0.05, 0) is 42.0 Å². The normalized spacial score (nSPS) is 10.3. The van der Waals surface area contributed by atoms with Crippen molar-refractivity contribution in [1.82, 2.24) is 4.98 Å². The Labute approximate surface area is 146 Å². The van der Waals surface area contributed by atoms with Gasteiger partial charge in [0, 0.05) is 18.8 Å². The minimum Gasteiger partial charge on any atom is -0.494 e. The van der Waals surface area contributed by atoms with Crippen molar-refractivity contribution in [2.45, 2.75) is 13.2 Å². The third-order valence-electron chi connectivity index (χ3n) is 3.66. The van der Waals surface area contributed by atoms with Crippen molar-refractivity contribution in [3.05, 3.63) is 83.9 Å². The van der Waals surface area contributed by atoms with Gasteiger partial charge in [-0.1, -0.05) is 18.2 Å². The van der Waals surface area contributed by atoms with Crippen LogP contribution in [0, 0.1) is 5.82 Å². The predicted octanol–water partition coefficient (Wildman–Crippen LogP) is 4.42. The van der Waals surface area contributed by atoms with Crippen LogP contribution in [0.2, 0.25) is 0 Å². The van der Waals surface area contributed by atoms with Gasteiger partial charge < -0.3 is 14.8 Å². The fourth-order valence-corrected chi connectivity index (χ4v) is 2.39. The maximum absolute atomic E-state index is 13.2. The second kappa shape index (κ2) is 8.15. The molecule has 0 fully saturated rings. The van der Waals surface area contributed by atoms with Crippen molar-refractivity contribution >= 4 is 5.69 Å². The monoisotopic (exact) mass is 338 g/mol. The zero-order chi connectivity index (χ0) is 17.5. The molecular weight excluding hydrogens is 319 g/mol. The van der Waals surface area contributed by atoms with Crippen LogP contribution >= 0.6 is 0 Å². The molecule has 1 heterocycles. The molecule has 1 N–H and O–H groups in total. The number of hydrogen-bond acceptors (Lipinski definition) is 4. The van der Waals surface area contributed by atoms with Gasteiger partial charge in [0.05, 0.1) is 18.5 Å². The molecule has 0 radical (unpaired) electrons. The van der Waals surface area contributed by atoms with Crippen LogP contribution in [0.3, 0.4) is 0 Å². The van der Waals surface area contributed by atoms with Gasteiger partial charge in [-0.2, -0.15) is 0 Å². The molecule has 0 aliphatic rings. The first-order valence-electron chi connectivity index (χ1n) is 7.93. The van der Waals surface area contributed by atoms with Gasteiger partial charge in [0.25, 0.3) is 0 Å². The maximum atomic E-state index is 13.2. The molecule has 0 aliphatic carbocycles. The Hall–Kier alpha value is -3.08. The summed E-state index contributed by atoms with van der Waals surface area (Å²) in [4.78, 5) is 4.24. The molecule has 0 unspecified atom stereocenters. The topological polar surface area (TPSA) is 43.4 Å². The van der Waals surface area contributed by atoms with Crippen LogP contribution in [0.4, 0.5) is 10.1 Å². The van der Waals surface area contributed by atoms with E-state index in [9.17, 15) is 4.39 Å². The number of hydrogen-bond donors (Lipinski definition) is 1. The van der Waals surface area contributed by atoms with E-state index in [1.54, 1.807) is 12.3 Å². The van der Waals surface area contributed by atoms with Crippen LogP contribution in [0.25, 0.3) is 0 Å². The number of methoxy groups -OCH3 is 1. The number of nitrogens with one attached hydrogen (secondary N) is 1. The minimum absolute atomic E-state index is 0.327. The van der Waals surface area contributed by atoms with E-state index in [0.29, 0.717) is 18.9 Å². The number of nitrogens with zero attached hydrogens (tertiary/aromatic N) is 1. The van der Waals surface area contributed by atoms with Gasteiger partial charge in [0.15, 0.2) is 0 Å². The first-order valence-corrected chi connectivity index (χ1v) is 7.93. The minimum atomic E-state index is -0.327. The molecule has 3 rings (SSSR count). The van der Waals surface area contributed by atoms with Crippen LogP contribution in [0.15, 0.2) is 66.9 Å². The number of anilines is 1. The van der Waals surface area contributed by atoms with E-state index >= 15 is 0 Å². The molecule has 3 aromatic rings. The number of aromatic nitrogens is 1. The highest BCUT2D eigenvalue weighted by Gasteiger charge is 2.05. The summed E-state index contributed by atoms with van der Waals surface area (Å²) in [5.74, 6) is 0.922. The molecule has 4 nitrogen and oxygen atoms in total. The molecule has 5 heteroatoms. The summed E-state index contributed by atoms with van der Waals surface area (Å²) in [7, 11) is 1.52. The smallest absolute Gasteiger partial charge is 0.144 e. The van der Waals surface area contributed by atoms with Crippen LogP contribution < -0.4 is 14.8 Å². The highest BCUT2D eigenvalue weighted by molar-refractivity contribution is 5.56. The lowest BCUT2D eigenvalue weighted by Crippen LogP contribution is -2.02. The van der Waals surface area contributed by atoms with Crippen molar-refractivity contribution in [2.75, 3.05) is 12.4 Å². The summed E-state index contributed by atoms with van der Waals surface area (Å²) in [6.07, 6.45) is 1.75. The number of rotatable bonds is 7. The molecule has 0 amide bonds. The van der Waals surface area contributed by atoms with E-state index in [2.05, 4.69) is 10.3 Å². The summed E-state index contributed by atoms with van der Waals surface area (Å²) in [6.45, 7) is 0.992. The Balaban J connectivity index is 1.62. The van der Waals surface area contributed by atoms with Crippen molar-refractivity contribution < 1.29 is 13.9 Å². The molecule has 0 spiro atoms. The van der Waals surface area contributed by atoms with E-state index < -0.39 is 0 Å². The molecule has 0 atom stereocenters. The highest BCUT2D eigenvalue weighted by atomic mass is 19.1. The van der Waals surface area contributed by atoms with Crippen LogP contribution in [-0.4, -0.2) is 12.1 Å². The van der Waals surface area contributed by atoms with E-state index in [4.69, 9.17) is 9.47 Å². The van der Waals surface area contributed by atoms with Crippen molar-refractivity contribution in [3.63, 3.8) is 0 Å². The lowest BCUT2D eigenvalue weighted by atomic mass is 10.2. The van der Waals surface area contributed by atoms with Crippen LogP contribution in [0.1, 0.15) is 11.3 Å². The maximum Gasteiger partial charge on any atom is 0.144 e. The van der Waals surface area contributed by atoms with Crippen molar-refractivity contribution in [2.24, 2.45) is 0 Å². The average molecular weight is 338 g/mol. The first-order chi connectivity index (χ1) is 12.2. The third kappa shape index (κ3) is 4.70. The molecule has 128 valence electrons. The van der Waals surface area contributed by atoms with E-state index in [0.717, 1.165) is 22.7 Å². The number of ether oxygens (including phenoxy) is 2. The summed E-state index contributed by atoms with van der Waals surface area (Å²) in [5.41, 5.74) is 2.66. The molecule has 0 bridgehead atoms. The quantitative estimate of drug-likeness (QED) is 0.692. The van der Waals surface area contributed by atoms with Gasteiger partial charge in [-0.15, -0.1) is 0 Å². The fourth-order valence-electron chi connectivity index (χ4n) is 2.39. The molecular formula is C20H19FN2O2. The zero-order valence-electron chi connectivity index (χ0n) is 13.9. The standard InChI is InChI=1S/C20H19FN2O2/c1-24-20-12-16(21)8-9-19(20)23-13-15-5-4-7-18(11-15)25-14-17-6-2-3-10-22-17/h2-12,23H,13-14H2,1H3.